The molecule has 2 nitrogen and oxygen atoms in total. The summed E-state index contributed by atoms with van der Waals surface area (Å²) < 4.78 is 5.26. The maximum Gasteiger partial charge on any atom is 0.244 e. The van der Waals surface area contributed by atoms with Gasteiger partial charge in [-0.05, 0) is 24.6 Å². The van der Waals surface area contributed by atoms with Crippen molar-refractivity contribution in [3.8, 4) is 0 Å². The number of hydrogen-bond acceptors (Lipinski definition) is 3. The van der Waals surface area contributed by atoms with E-state index in [9.17, 15) is 4.89 Å². The van der Waals surface area contributed by atoms with Gasteiger partial charge in [0.1, 0.15) is 0 Å². The van der Waals surface area contributed by atoms with E-state index in [1.165, 1.54) is 11.4 Å². The minimum atomic E-state index is -2.50. The number of rotatable bonds is 8. The van der Waals surface area contributed by atoms with Gasteiger partial charge in [0.15, 0.2) is 0 Å². The maximum atomic E-state index is 9.63. The Morgan fingerprint density at radius 3 is 2.36 bits per heavy atom. The van der Waals surface area contributed by atoms with Crippen molar-refractivity contribution in [3.05, 3.63) is 0 Å². The summed E-state index contributed by atoms with van der Waals surface area (Å²) in [5.41, 5.74) is -2.50. The van der Waals surface area contributed by atoms with Crippen LogP contribution in [0.15, 0.2) is 0 Å². The molecule has 0 heterocycles. The maximum absolute atomic E-state index is 9.63. The molecule has 82 valence electrons. The molecule has 0 aromatic rings. The summed E-state index contributed by atoms with van der Waals surface area (Å²) in [6.45, 7) is 4.82. The van der Waals surface area contributed by atoms with Crippen LogP contribution < -0.4 is 0 Å². The van der Waals surface area contributed by atoms with Crippen molar-refractivity contribution in [2.75, 3.05) is 12.4 Å². The van der Waals surface area contributed by atoms with Gasteiger partial charge in [0.05, 0.1) is 6.61 Å². The topological polar surface area (TPSA) is 29.5 Å². The third-order valence-corrected chi connectivity index (χ3v) is 5.92. The first-order valence-corrected chi connectivity index (χ1v) is 9.00. The van der Waals surface area contributed by atoms with Gasteiger partial charge in [0.25, 0.3) is 0 Å². The van der Waals surface area contributed by atoms with Crippen molar-refractivity contribution in [3.63, 3.8) is 0 Å². The first kappa shape index (κ1) is 17.9. The molecule has 0 saturated heterocycles. The second-order valence-corrected chi connectivity index (χ2v) is 9.14. The van der Waals surface area contributed by atoms with Crippen LogP contribution in [0.25, 0.3) is 0 Å². The van der Waals surface area contributed by atoms with E-state index >= 15 is 0 Å². The fraction of sp³-hybridized carbons (Fsp3) is 1.00. The molecule has 0 aromatic heterocycles. The molecule has 0 rings (SSSR count). The second kappa shape index (κ2) is 11.0. The molecule has 14 heavy (non-hydrogen) atoms. The molecule has 6 heteroatoms. The average molecular weight is 308 g/mol. The summed E-state index contributed by atoms with van der Waals surface area (Å²) in [5, 5.41) is 0. The largest absolute Gasteiger partial charge is 0.337 e. The molecule has 1 N–H and O–H groups in total. The molecule has 0 aliphatic carbocycles. The van der Waals surface area contributed by atoms with Crippen LogP contribution >= 0.6 is 17.1 Å². The van der Waals surface area contributed by atoms with E-state index in [-0.39, 0.29) is 19.5 Å². The predicted molar refractivity (Wildman–Crippen MR) is 64.7 cm³/mol. The molecule has 0 amide bonds. The van der Waals surface area contributed by atoms with Gasteiger partial charge < -0.3 is 9.42 Å². The second-order valence-electron chi connectivity index (χ2n) is 2.84. The summed E-state index contributed by atoms with van der Waals surface area (Å²) in [4.78, 5) is 9.63. The quantitative estimate of drug-likeness (QED) is 0.422. The summed E-state index contributed by atoms with van der Waals surface area (Å²) in [5.74, 6) is 0.913. The Morgan fingerprint density at radius 2 is 1.86 bits per heavy atom. The Labute approximate surface area is 109 Å². The van der Waals surface area contributed by atoms with E-state index in [2.05, 4.69) is 13.8 Å². The number of hydrogen-bond donors (Lipinski definition) is 1. The van der Waals surface area contributed by atoms with Crippen molar-refractivity contribution in [1.29, 1.82) is 0 Å². The van der Waals surface area contributed by atoms with Crippen LogP contribution in [0.5, 0.6) is 0 Å². The molecule has 0 spiro atoms. The predicted octanol–water partition coefficient (Wildman–Crippen LogP) is 3.55. The van der Waals surface area contributed by atoms with Crippen molar-refractivity contribution >= 4 is 28.9 Å². The normalized spacial score (nSPS) is 14.5. The van der Waals surface area contributed by atoms with Gasteiger partial charge in [-0.2, -0.15) is 0 Å². The SMILES string of the molecule is CCCCOP(O)(=S)SCCCC.[Zn]. The van der Waals surface area contributed by atoms with Gasteiger partial charge in [-0.1, -0.05) is 38.1 Å². The van der Waals surface area contributed by atoms with Crippen LogP contribution in [0.2, 0.25) is 0 Å². The molecular formula is C8H19O2PS2Zn. The van der Waals surface area contributed by atoms with Crippen LogP contribution in [0.4, 0.5) is 0 Å². The first-order chi connectivity index (χ1) is 6.12. The Morgan fingerprint density at radius 1 is 1.29 bits per heavy atom. The first-order valence-electron chi connectivity index (χ1n) is 4.74. The van der Waals surface area contributed by atoms with Crippen molar-refractivity contribution in [1.82, 2.24) is 0 Å². The van der Waals surface area contributed by atoms with Gasteiger partial charge in [-0.15, -0.1) is 0 Å². The Bertz CT molecular complexity index is 155. The Kier molecular flexibility index (Phi) is 14.1. The van der Waals surface area contributed by atoms with Crippen LogP contribution in [-0.4, -0.2) is 17.3 Å². The summed E-state index contributed by atoms with van der Waals surface area (Å²) in [7, 11) is 0. The molecule has 0 aliphatic rings. The smallest absolute Gasteiger partial charge is 0.244 e. The van der Waals surface area contributed by atoms with Crippen LogP contribution in [0, 0.1) is 0 Å². The Balaban J connectivity index is 0. The molecular weight excluding hydrogens is 289 g/mol. The minimum Gasteiger partial charge on any atom is -0.337 e. The molecule has 0 bridgehead atoms. The monoisotopic (exact) mass is 306 g/mol. The van der Waals surface area contributed by atoms with Gasteiger partial charge in [-0.25, -0.2) is 0 Å². The van der Waals surface area contributed by atoms with Gasteiger partial charge in [0.2, 0.25) is 5.69 Å². The van der Waals surface area contributed by atoms with Crippen molar-refractivity contribution in [2.24, 2.45) is 0 Å². The van der Waals surface area contributed by atoms with Crippen LogP contribution in [-0.2, 0) is 35.8 Å². The fourth-order valence-electron chi connectivity index (χ4n) is 0.686. The van der Waals surface area contributed by atoms with Crippen molar-refractivity contribution < 1.29 is 28.9 Å². The standard InChI is InChI=1S/C8H19O2PS2.Zn/c1-3-5-7-10-11(9,12)13-8-6-4-2;/h3-8H2,1-2H3,(H,9,12);. The molecule has 0 aromatic carbocycles. The molecule has 0 saturated carbocycles. The van der Waals surface area contributed by atoms with Gasteiger partial charge >= 0.3 is 0 Å². The molecule has 0 radical (unpaired) electrons. The van der Waals surface area contributed by atoms with E-state index in [0.29, 0.717) is 6.61 Å². The van der Waals surface area contributed by atoms with Crippen molar-refractivity contribution in [2.45, 2.75) is 39.5 Å². The van der Waals surface area contributed by atoms with E-state index in [1.807, 2.05) is 0 Å². The summed E-state index contributed by atoms with van der Waals surface area (Å²) in [6, 6.07) is 0. The van der Waals surface area contributed by atoms with E-state index < -0.39 is 5.69 Å². The molecule has 0 fully saturated rings. The summed E-state index contributed by atoms with van der Waals surface area (Å²) >= 11 is 6.39. The Hall–Kier alpha value is 1.54. The molecule has 0 aliphatic heterocycles. The van der Waals surface area contributed by atoms with E-state index in [4.69, 9.17) is 16.3 Å². The van der Waals surface area contributed by atoms with E-state index in [1.54, 1.807) is 0 Å². The molecule has 1 atom stereocenters. The van der Waals surface area contributed by atoms with Gasteiger partial charge in [0, 0.05) is 25.2 Å². The molecule has 1 unspecified atom stereocenters. The third-order valence-electron chi connectivity index (χ3n) is 1.50. The average Bonchev–Trinajstić information content (AvgIpc) is 2.05. The fourth-order valence-corrected chi connectivity index (χ4v) is 4.19. The minimum absolute atomic E-state index is 0. The zero-order valence-corrected chi connectivity index (χ0v) is 14.6. The van der Waals surface area contributed by atoms with Crippen LogP contribution in [0.1, 0.15) is 39.5 Å². The van der Waals surface area contributed by atoms with Crippen LogP contribution in [0.3, 0.4) is 0 Å². The van der Waals surface area contributed by atoms with Gasteiger partial charge in [-0.3, -0.25) is 0 Å². The zero-order valence-electron chi connectivity index (χ0n) is 9.07. The summed E-state index contributed by atoms with van der Waals surface area (Å²) in [6.07, 6.45) is 4.29. The third kappa shape index (κ3) is 11.6. The number of unbranched alkanes of at least 4 members (excludes halogenated alkanes) is 2. The van der Waals surface area contributed by atoms with E-state index in [0.717, 1.165) is 31.4 Å². The zero-order chi connectivity index (χ0) is 10.2.